The summed E-state index contributed by atoms with van der Waals surface area (Å²) in [6.07, 6.45) is 0. The molecule has 0 bridgehead atoms. The smallest absolute Gasteiger partial charge is 0.277 e. The van der Waals surface area contributed by atoms with Gasteiger partial charge in [-0.25, -0.2) is 4.39 Å². The largest absolute Gasteiger partial charge is 0.480 e. The van der Waals surface area contributed by atoms with Gasteiger partial charge in [0, 0.05) is 17.7 Å². The van der Waals surface area contributed by atoms with Crippen LogP contribution in [-0.2, 0) is 0 Å². The number of ether oxygens (including phenoxy) is 1. The van der Waals surface area contributed by atoms with Crippen molar-refractivity contribution in [2.24, 2.45) is 0 Å². The van der Waals surface area contributed by atoms with Crippen LogP contribution in [0, 0.1) is 12.7 Å². The molecule has 0 aliphatic heterocycles. The Hall–Kier alpha value is -3.29. The number of nitrogens with zero attached hydrogens (tertiary/aromatic N) is 3. The highest BCUT2D eigenvalue weighted by molar-refractivity contribution is 6.02. The molecule has 2 aromatic heterocycles. The highest BCUT2D eigenvalue weighted by Crippen LogP contribution is 2.24. The van der Waals surface area contributed by atoms with Crippen LogP contribution in [0.1, 0.15) is 16.1 Å². The molecule has 0 saturated carbocycles. The van der Waals surface area contributed by atoms with Crippen molar-refractivity contribution in [3.05, 3.63) is 53.5 Å². The fourth-order valence-electron chi connectivity index (χ4n) is 2.10. The van der Waals surface area contributed by atoms with Crippen LogP contribution in [0.2, 0.25) is 0 Å². The number of aromatic nitrogens is 4. The van der Waals surface area contributed by atoms with Gasteiger partial charge in [0.2, 0.25) is 5.88 Å². The van der Waals surface area contributed by atoms with Crippen molar-refractivity contribution >= 4 is 11.7 Å². The molecule has 2 N–H and O–H groups in total. The lowest BCUT2D eigenvalue weighted by atomic mass is 10.1. The SMILES string of the molecule is COc1ccc(C(=O)Nc2cc(-c3cc(C)ccc3F)[nH]n2)nn1. The number of carbonyl (C=O) groups excluding carboxylic acids is 1. The van der Waals surface area contributed by atoms with Gasteiger partial charge in [0.15, 0.2) is 11.5 Å². The number of halogens is 1. The van der Waals surface area contributed by atoms with Crippen LogP contribution < -0.4 is 10.1 Å². The van der Waals surface area contributed by atoms with Gasteiger partial charge >= 0.3 is 0 Å². The van der Waals surface area contributed by atoms with Gasteiger partial charge in [0.1, 0.15) is 5.82 Å². The zero-order chi connectivity index (χ0) is 17.1. The first-order valence-corrected chi connectivity index (χ1v) is 7.08. The molecule has 0 unspecified atom stereocenters. The summed E-state index contributed by atoms with van der Waals surface area (Å²) in [5, 5.41) is 16.7. The number of methoxy groups -OCH3 is 1. The van der Waals surface area contributed by atoms with Gasteiger partial charge in [-0.1, -0.05) is 11.6 Å². The van der Waals surface area contributed by atoms with Crippen LogP contribution in [0.5, 0.6) is 5.88 Å². The number of aromatic amines is 1. The van der Waals surface area contributed by atoms with E-state index in [1.165, 1.54) is 25.3 Å². The summed E-state index contributed by atoms with van der Waals surface area (Å²) in [5.74, 6) is -0.284. The van der Waals surface area contributed by atoms with E-state index in [4.69, 9.17) is 4.74 Å². The minimum absolute atomic E-state index is 0.113. The van der Waals surface area contributed by atoms with Crippen LogP contribution in [0.4, 0.5) is 10.2 Å². The number of hydrogen-bond donors (Lipinski definition) is 2. The van der Waals surface area contributed by atoms with Crippen molar-refractivity contribution in [1.29, 1.82) is 0 Å². The second-order valence-corrected chi connectivity index (χ2v) is 5.07. The van der Waals surface area contributed by atoms with Gasteiger partial charge in [-0.3, -0.25) is 9.89 Å². The molecule has 0 atom stereocenters. The topological polar surface area (TPSA) is 92.8 Å². The van der Waals surface area contributed by atoms with Gasteiger partial charge < -0.3 is 10.1 Å². The Morgan fingerprint density at radius 1 is 1.21 bits per heavy atom. The molecular weight excluding hydrogens is 313 g/mol. The van der Waals surface area contributed by atoms with Crippen LogP contribution in [-0.4, -0.2) is 33.4 Å². The minimum atomic E-state index is -0.479. The normalized spacial score (nSPS) is 10.5. The maximum absolute atomic E-state index is 13.9. The van der Waals surface area contributed by atoms with E-state index in [9.17, 15) is 9.18 Å². The summed E-state index contributed by atoms with van der Waals surface area (Å²) >= 11 is 0. The third kappa shape index (κ3) is 3.22. The summed E-state index contributed by atoms with van der Waals surface area (Å²) in [7, 11) is 1.46. The van der Waals surface area contributed by atoms with Gasteiger partial charge in [-0.15, -0.1) is 10.2 Å². The maximum Gasteiger partial charge on any atom is 0.277 e. The molecule has 0 aliphatic carbocycles. The molecular formula is C16H14FN5O2. The second-order valence-electron chi connectivity index (χ2n) is 5.07. The van der Waals surface area contributed by atoms with Crippen molar-refractivity contribution in [2.45, 2.75) is 6.92 Å². The maximum atomic E-state index is 13.9. The van der Waals surface area contributed by atoms with Gasteiger partial charge in [0.25, 0.3) is 5.91 Å². The number of hydrogen-bond acceptors (Lipinski definition) is 5. The highest BCUT2D eigenvalue weighted by atomic mass is 19.1. The van der Waals surface area contributed by atoms with Crippen molar-refractivity contribution in [3.63, 3.8) is 0 Å². The standard InChI is InChI=1S/C16H14FN5O2/c1-9-3-4-11(17)10(7-9)13-8-14(21-20-13)18-16(23)12-5-6-15(24-2)22-19-12/h3-8H,1-2H3,(H2,18,20,21,23). The monoisotopic (exact) mass is 327 g/mol. The van der Waals surface area contributed by atoms with E-state index in [1.54, 1.807) is 18.2 Å². The van der Waals surface area contributed by atoms with E-state index in [2.05, 4.69) is 25.7 Å². The lowest BCUT2D eigenvalue weighted by Gasteiger charge is -2.02. The fraction of sp³-hybridized carbons (Fsp3) is 0.125. The molecule has 3 aromatic rings. The average molecular weight is 327 g/mol. The molecule has 122 valence electrons. The third-order valence-electron chi connectivity index (χ3n) is 3.31. The predicted molar refractivity (Wildman–Crippen MR) is 85.3 cm³/mol. The van der Waals surface area contributed by atoms with Crippen molar-refractivity contribution < 1.29 is 13.9 Å². The molecule has 0 aliphatic rings. The molecule has 7 nitrogen and oxygen atoms in total. The number of nitrogens with one attached hydrogen (secondary N) is 2. The van der Waals surface area contributed by atoms with Crippen LogP contribution >= 0.6 is 0 Å². The number of carbonyl (C=O) groups is 1. The number of rotatable bonds is 4. The first-order chi connectivity index (χ1) is 11.6. The van der Waals surface area contributed by atoms with Crippen molar-refractivity contribution in [2.75, 3.05) is 12.4 Å². The molecule has 0 spiro atoms. The lowest BCUT2D eigenvalue weighted by Crippen LogP contribution is -2.14. The number of aryl methyl sites for hydroxylation is 1. The van der Waals surface area contributed by atoms with Crippen LogP contribution in [0.3, 0.4) is 0 Å². The zero-order valence-electron chi connectivity index (χ0n) is 13.0. The van der Waals surface area contributed by atoms with E-state index >= 15 is 0 Å². The predicted octanol–water partition coefficient (Wildman–Crippen LogP) is 2.58. The molecule has 0 radical (unpaired) electrons. The third-order valence-corrected chi connectivity index (χ3v) is 3.31. The van der Waals surface area contributed by atoms with Crippen molar-refractivity contribution in [1.82, 2.24) is 20.4 Å². The van der Waals surface area contributed by atoms with Gasteiger partial charge in [-0.2, -0.15) is 5.10 Å². The summed E-state index contributed by atoms with van der Waals surface area (Å²) in [6, 6.07) is 9.32. The first kappa shape index (κ1) is 15.6. The van der Waals surface area contributed by atoms with E-state index < -0.39 is 5.91 Å². The number of benzene rings is 1. The summed E-state index contributed by atoms with van der Waals surface area (Å²) in [5.41, 5.74) is 1.88. The fourth-order valence-corrected chi connectivity index (χ4v) is 2.10. The summed E-state index contributed by atoms with van der Waals surface area (Å²) in [6.45, 7) is 1.87. The Morgan fingerprint density at radius 2 is 2.04 bits per heavy atom. The second kappa shape index (κ2) is 6.45. The van der Waals surface area contributed by atoms with Crippen molar-refractivity contribution in [3.8, 4) is 17.1 Å². The first-order valence-electron chi connectivity index (χ1n) is 7.08. The molecule has 8 heteroatoms. The minimum Gasteiger partial charge on any atom is -0.480 e. The van der Waals surface area contributed by atoms with Crippen LogP contribution in [0.15, 0.2) is 36.4 Å². The molecule has 24 heavy (non-hydrogen) atoms. The van der Waals surface area contributed by atoms with Gasteiger partial charge in [-0.05, 0) is 25.1 Å². The molecule has 1 amide bonds. The van der Waals surface area contributed by atoms with E-state index in [-0.39, 0.29) is 17.3 Å². The summed E-state index contributed by atoms with van der Waals surface area (Å²) in [4.78, 5) is 12.1. The van der Waals surface area contributed by atoms with Gasteiger partial charge in [0.05, 0.1) is 12.8 Å². The van der Waals surface area contributed by atoms with E-state index in [1.807, 2.05) is 6.92 Å². The number of H-pyrrole nitrogens is 1. The molecule has 2 heterocycles. The Morgan fingerprint density at radius 3 is 2.75 bits per heavy atom. The Balaban J connectivity index is 1.78. The Labute approximate surface area is 136 Å². The van der Waals surface area contributed by atoms with E-state index in [0.29, 0.717) is 17.1 Å². The molecule has 3 rings (SSSR count). The Kier molecular flexibility index (Phi) is 4.19. The number of amides is 1. The molecule has 0 fully saturated rings. The summed E-state index contributed by atoms with van der Waals surface area (Å²) < 4.78 is 18.8. The number of anilines is 1. The highest BCUT2D eigenvalue weighted by Gasteiger charge is 2.13. The lowest BCUT2D eigenvalue weighted by molar-refractivity contribution is 0.102. The molecule has 1 aromatic carbocycles. The van der Waals surface area contributed by atoms with Crippen LogP contribution in [0.25, 0.3) is 11.3 Å². The Bertz CT molecular complexity index is 876. The van der Waals surface area contributed by atoms with E-state index in [0.717, 1.165) is 5.56 Å². The quantitative estimate of drug-likeness (QED) is 0.768. The molecule has 0 saturated heterocycles. The zero-order valence-corrected chi connectivity index (χ0v) is 13.0. The average Bonchev–Trinajstić information content (AvgIpc) is 3.05.